The number of amides is 1. The molecule has 2 aliphatic rings. The summed E-state index contributed by atoms with van der Waals surface area (Å²) in [7, 11) is 0. The quantitative estimate of drug-likeness (QED) is 0.620. The Balaban J connectivity index is 1.94. The van der Waals surface area contributed by atoms with E-state index in [0.717, 1.165) is 24.9 Å². The van der Waals surface area contributed by atoms with Crippen LogP contribution in [-0.4, -0.2) is 25.0 Å². The van der Waals surface area contributed by atoms with E-state index >= 15 is 0 Å². The molecule has 2 N–H and O–H groups in total. The number of piperidine rings is 1. The molecule has 3 unspecified atom stereocenters. The van der Waals surface area contributed by atoms with Crippen LogP contribution in [-0.2, 0) is 4.79 Å². The SMILES string of the molecule is CC(=O)NC1CCC2CNCCC21. The maximum absolute atomic E-state index is 10.9. The minimum absolute atomic E-state index is 0.129. The van der Waals surface area contributed by atoms with Crippen molar-refractivity contribution in [1.82, 2.24) is 10.6 Å². The number of nitrogens with one attached hydrogen (secondary N) is 2. The van der Waals surface area contributed by atoms with Gasteiger partial charge in [-0.05, 0) is 44.2 Å². The Morgan fingerprint density at radius 2 is 2.23 bits per heavy atom. The van der Waals surface area contributed by atoms with Crippen molar-refractivity contribution in [2.45, 2.75) is 32.2 Å². The third-order valence-electron chi connectivity index (χ3n) is 3.42. The van der Waals surface area contributed by atoms with E-state index in [1.165, 1.54) is 19.3 Å². The van der Waals surface area contributed by atoms with Crippen LogP contribution in [0, 0.1) is 11.8 Å². The minimum Gasteiger partial charge on any atom is -0.353 e. The van der Waals surface area contributed by atoms with Crippen molar-refractivity contribution in [2.24, 2.45) is 11.8 Å². The van der Waals surface area contributed by atoms with Gasteiger partial charge in [0.05, 0.1) is 0 Å². The standard InChI is InChI=1S/C10H18N2O/c1-7(13)12-10-3-2-8-6-11-5-4-9(8)10/h8-11H,2-6H2,1H3,(H,12,13). The molecule has 0 aromatic carbocycles. The molecule has 0 aromatic heterocycles. The summed E-state index contributed by atoms with van der Waals surface area (Å²) in [5.41, 5.74) is 0. The Hall–Kier alpha value is -0.570. The zero-order chi connectivity index (χ0) is 9.26. The maximum Gasteiger partial charge on any atom is 0.217 e. The van der Waals surface area contributed by atoms with Gasteiger partial charge in [-0.15, -0.1) is 0 Å². The topological polar surface area (TPSA) is 41.1 Å². The van der Waals surface area contributed by atoms with Gasteiger partial charge in [0.25, 0.3) is 0 Å². The number of carbonyl (C=O) groups excluding carboxylic acids is 1. The van der Waals surface area contributed by atoms with Gasteiger partial charge in [-0.1, -0.05) is 0 Å². The minimum atomic E-state index is 0.129. The first kappa shape index (κ1) is 9.00. The lowest BCUT2D eigenvalue weighted by Gasteiger charge is -2.30. The van der Waals surface area contributed by atoms with Crippen LogP contribution in [0.2, 0.25) is 0 Å². The van der Waals surface area contributed by atoms with Gasteiger partial charge in [0.2, 0.25) is 5.91 Å². The van der Waals surface area contributed by atoms with Crippen molar-refractivity contribution in [3.05, 3.63) is 0 Å². The molecule has 3 nitrogen and oxygen atoms in total. The molecule has 2 fully saturated rings. The van der Waals surface area contributed by atoms with Crippen LogP contribution in [0.4, 0.5) is 0 Å². The molecular formula is C10H18N2O. The van der Waals surface area contributed by atoms with Crippen molar-refractivity contribution in [3.63, 3.8) is 0 Å². The largest absolute Gasteiger partial charge is 0.353 e. The van der Waals surface area contributed by atoms with Gasteiger partial charge in [0.15, 0.2) is 0 Å². The Morgan fingerprint density at radius 3 is 3.00 bits per heavy atom. The molecule has 1 aliphatic heterocycles. The molecule has 1 saturated heterocycles. The Bertz CT molecular complexity index is 205. The highest BCUT2D eigenvalue weighted by molar-refractivity contribution is 5.73. The van der Waals surface area contributed by atoms with E-state index in [-0.39, 0.29) is 5.91 Å². The van der Waals surface area contributed by atoms with Crippen molar-refractivity contribution in [1.29, 1.82) is 0 Å². The van der Waals surface area contributed by atoms with Crippen LogP contribution < -0.4 is 10.6 Å². The van der Waals surface area contributed by atoms with E-state index in [9.17, 15) is 4.79 Å². The van der Waals surface area contributed by atoms with Crippen LogP contribution in [0.25, 0.3) is 0 Å². The summed E-state index contributed by atoms with van der Waals surface area (Å²) in [5, 5.41) is 6.49. The second-order valence-electron chi connectivity index (χ2n) is 4.30. The monoisotopic (exact) mass is 182 g/mol. The van der Waals surface area contributed by atoms with Gasteiger partial charge in [0, 0.05) is 13.0 Å². The first-order valence-corrected chi connectivity index (χ1v) is 5.25. The highest BCUT2D eigenvalue weighted by atomic mass is 16.1. The summed E-state index contributed by atoms with van der Waals surface area (Å²) in [6.07, 6.45) is 3.69. The van der Waals surface area contributed by atoms with Crippen LogP contribution >= 0.6 is 0 Å². The number of fused-ring (bicyclic) bond motifs is 1. The Labute approximate surface area is 79.3 Å². The number of carbonyl (C=O) groups is 1. The third-order valence-corrected chi connectivity index (χ3v) is 3.42. The second kappa shape index (κ2) is 3.66. The summed E-state index contributed by atoms with van der Waals surface area (Å²) in [6, 6.07) is 0.463. The first-order valence-electron chi connectivity index (χ1n) is 5.25. The van der Waals surface area contributed by atoms with Crippen LogP contribution in [0.1, 0.15) is 26.2 Å². The van der Waals surface area contributed by atoms with E-state index in [1.807, 2.05) is 0 Å². The lowest BCUT2D eigenvalue weighted by Crippen LogP contribution is -2.43. The predicted molar refractivity (Wildman–Crippen MR) is 51.3 cm³/mol. The lowest BCUT2D eigenvalue weighted by molar-refractivity contribution is -0.120. The van der Waals surface area contributed by atoms with Gasteiger partial charge in [-0.3, -0.25) is 4.79 Å². The smallest absolute Gasteiger partial charge is 0.217 e. The molecule has 2 rings (SSSR count). The fourth-order valence-electron chi connectivity index (χ4n) is 2.84. The van der Waals surface area contributed by atoms with Crippen molar-refractivity contribution in [2.75, 3.05) is 13.1 Å². The average molecular weight is 182 g/mol. The van der Waals surface area contributed by atoms with E-state index in [1.54, 1.807) is 6.92 Å². The summed E-state index contributed by atoms with van der Waals surface area (Å²) in [4.78, 5) is 10.9. The fourth-order valence-corrected chi connectivity index (χ4v) is 2.84. The summed E-state index contributed by atoms with van der Waals surface area (Å²) < 4.78 is 0. The first-order chi connectivity index (χ1) is 6.27. The molecule has 0 bridgehead atoms. The zero-order valence-corrected chi connectivity index (χ0v) is 8.18. The highest BCUT2D eigenvalue weighted by Gasteiger charge is 2.37. The highest BCUT2D eigenvalue weighted by Crippen LogP contribution is 2.35. The van der Waals surface area contributed by atoms with Gasteiger partial charge >= 0.3 is 0 Å². The van der Waals surface area contributed by atoms with Gasteiger partial charge < -0.3 is 10.6 Å². The summed E-state index contributed by atoms with van der Waals surface area (Å²) in [5.74, 6) is 1.68. The van der Waals surface area contributed by atoms with Crippen molar-refractivity contribution >= 4 is 5.91 Å². The molecule has 1 aliphatic carbocycles. The molecule has 0 aromatic rings. The van der Waals surface area contributed by atoms with Crippen molar-refractivity contribution in [3.8, 4) is 0 Å². The van der Waals surface area contributed by atoms with Gasteiger partial charge in [-0.25, -0.2) is 0 Å². The maximum atomic E-state index is 10.9. The molecular weight excluding hydrogens is 164 g/mol. The van der Waals surface area contributed by atoms with Gasteiger partial charge in [-0.2, -0.15) is 0 Å². The number of hydrogen-bond acceptors (Lipinski definition) is 2. The van der Waals surface area contributed by atoms with Crippen molar-refractivity contribution < 1.29 is 4.79 Å². The molecule has 1 saturated carbocycles. The van der Waals surface area contributed by atoms with Crippen LogP contribution in [0.5, 0.6) is 0 Å². The molecule has 74 valence electrons. The molecule has 1 amide bonds. The van der Waals surface area contributed by atoms with Crippen LogP contribution in [0.3, 0.4) is 0 Å². The average Bonchev–Trinajstić information content (AvgIpc) is 2.48. The zero-order valence-electron chi connectivity index (χ0n) is 8.18. The number of rotatable bonds is 1. The van der Waals surface area contributed by atoms with E-state index in [2.05, 4.69) is 10.6 Å². The fraction of sp³-hybridized carbons (Fsp3) is 0.900. The molecule has 0 spiro atoms. The third kappa shape index (κ3) is 1.85. The summed E-state index contributed by atoms with van der Waals surface area (Å²) in [6.45, 7) is 3.90. The van der Waals surface area contributed by atoms with Gasteiger partial charge in [0.1, 0.15) is 0 Å². The molecule has 1 heterocycles. The van der Waals surface area contributed by atoms with E-state index < -0.39 is 0 Å². The summed E-state index contributed by atoms with van der Waals surface area (Å²) >= 11 is 0. The lowest BCUT2D eigenvalue weighted by atomic mass is 9.87. The van der Waals surface area contributed by atoms with Crippen LogP contribution in [0.15, 0.2) is 0 Å². The predicted octanol–water partition coefficient (Wildman–Crippen LogP) is 0.511. The Morgan fingerprint density at radius 1 is 1.38 bits per heavy atom. The number of hydrogen-bond donors (Lipinski definition) is 2. The van der Waals surface area contributed by atoms with E-state index in [0.29, 0.717) is 6.04 Å². The molecule has 3 heteroatoms. The second-order valence-corrected chi connectivity index (χ2v) is 4.30. The van der Waals surface area contributed by atoms with E-state index in [4.69, 9.17) is 0 Å². The molecule has 3 atom stereocenters. The molecule has 0 radical (unpaired) electrons. The molecule has 13 heavy (non-hydrogen) atoms. The normalized spacial score (nSPS) is 38.4. The Kier molecular flexibility index (Phi) is 2.54.